The van der Waals surface area contributed by atoms with E-state index in [0.717, 1.165) is 36.5 Å². The molecule has 1 heterocycles. The summed E-state index contributed by atoms with van der Waals surface area (Å²) in [5, 5.41) is 8.77. The van der Waals surface area contributed by atoms with Crippen LogP contribution in [0.3, 0.4) is 0 Å². The second kappa shape index (κ2) is 8.08. The van der Waals surface area contributed by atoms with Crippen molar-refractivity contribution < 1.29 is 24.2 Å². The number of carboxylic acids is 1. The van der Waals surface area contributed by atoms with E-state index in [1.54, 1.807) is 12.1 Å². The molecule has 1 saturated carbocycles. The van der Waals surface area contributed by atoms with Gasteiger partial charge in [-0.3, -0.25) is 4.79 Å². The van der Waals surface area contributed by atoms with Gasteiger partial charge in [-0.15, -0.1) is 0 Å². The van der Waals surface area contributed by atoms with E-state index in [9.17, 15) is 9.59 Å². The van der Waals surface area contributed by atoms with Crippen LogP contribution in [-0.4, -0.2) is 54.3 Å². The lowest BCUT2D eigenvalue weighted by atomic mass is 10.0. The number of hydrogen-bond donors (Lipinski definition) is 1. The average Bonchev–Trinajstić information content (AvgIpc) is 3.43. The minimum absolute atomic E-state index is 0.0154. The third kappa shape index (κ3) is 4.75. The fraction of sp³-hybridized carbons (Fsp3) is 0.600. The van der Waals surface area contributed by atoms with Gasteiger partial charge in [0.25, 0.3) is 5.91 Å². The number of aryl methyl sites for hydroxylation is 2. The Labute approximate surface area is 154 Å². The second-order valence-electron chi connectivity index (χ2n) is 7.39. The lowest BCUT2D eigenvalue weighted by Crippen LogP contribution is -2.41. The Morgan fingerprint density at radius 2 is 1.73 bits per heavy atom. The Hall–Kier alpha value is -2.08. The first kappa shape index (κ1) is 18.7. The molecule has 1 N–H and O–H groups in total. The largest absolute Gasteiger partial charge is 0.481 e. The summed E-state index contributed by atoms with van der Waals surface area (Å²) in [6.07, 6.45) is 4.63. The average molecular weight is 361 g/mol. The van der Waals surface area contributed by atoms with Crippen LogP contribution in [0.1, 0.15) is 47.2 Å². The molecule has 1 saturated heterocycles. The summed E-state index contributed by atoms with van der Waals surface area (Å²) in [6, 6.07) is 3.56. The number of carbonyl (C=O) groups excluding carboxylic acids is 1. The number of piperidine rings is 1. The highest BCUT2D eigenvalue weighted by Crippen LogP contribution is 2.30. The number of ether oxygens (including phenoxy) is 2. The molecule has 1 aliphatic carbocycles. The molecule has 0 bridgehead atoms. The Morgan fingerprint density at radius 3 is 2.27 bits per heavy atom. The van der Waals surface area contributed by atoms with Crippen molar-refractivity contribution in [3.63, 3.8) is 0 Å². The maximum atomic E-state index is 12.8. The van der Waals surface area contributed by atoms with Crippen molar-refractivity contribution in [1.82, 2.24) is 4.90 Å². The molecule has 1 amide bonds. The van der Waals surface area contributed by atoms with Gasteiger partial charge in [0.05, 0.1) is 6.10 Å². The zero-order chi connectivity index (χ0) is 18.7. The van der Waals surface area contributed by atoms with Gasteiger partial charge in [-0.1, -0.05) is 0 Å². The number of rotatable bonds is 7. The van der Waals surface area contributed by atoms with Crippen LogP contribution in [0.5, 0.6) is 5.75 Å². The Kier molecular flexibility index (Phi) is 5.81. The number of carbonyl (C=O) groups is 2. The van der Waals surface area contributed by atoms with Gasteiger partial charge in [0.2, 0.25) is 0 Å². The molecule has 2 fully saturated rings. The minimum atomic E-state index is -1.02. The summed E-state index contributed by atoms with van der Waals surface area (Å²) in [5.74, 6) is 0.302. The lowest BCUT2D eigenvalue weighted by Gasteiger charge is -2.32. The molecule has 0 spiro atoms. The van der Waals surface area contributed by atoms with Gasteiger partial charge < -0.3 is 19.5 Å². The molecule has 0 atom stereocenters. The van der Waals surface area contributed by atoms with Crippen LogP contribution in [0.15, 0.2) is 12.1 Å². The Morgan fingerprint density at radius 1 is 1.12 bits per heavy atom. The third-order valence-corrected chi connectivity index (χ3v) is 5.04. The summed E-state index contributed by atoms with van der Waals surface area (Å²) in [5.41, 5.74) is 2.18. The molecular formula is C20H27NO5. The molecule has 3 rings (SSSR count). The van der Waals surface area contributed by atoms with Gasteiger partial charge in [-0.05, 0) is 68.7 Å². The van der Waals surface area contributed by atoms with Crippen molar-refractivity contribution in [2.75, 3.05) is 26.3 Å². The molecule has 1 aliphatic heterocycles. The molecule has 2 aliphatic rings. The van der Waals surface area contributed by atoms with Crippen LogP contribution in [0.2, 0.25) is 0 Å². The van der Waals surface area contributed by atoms with Gasteiger partial charge in [-0.25, -0.2) is 4.79 Å². The number of amides is 1. The van der Waals surface area contributed by atoms with Crippen LogP contribution < -0.4 is 4.74 Å². The van der Waals surface area contributed by atoms with E-state index in [1.807, 2.05) is 18.7 Å². The number of carboxylic acid groups (broad SMARTS) is 1. The number of likely N-dealkylation sites (tertiary alicyclic amines) is 1. The summed E-state index contributed by atoms with van der Waals surface area (Å²) >= 11 is 0. The monoisotopic (exact) mass is 361 g/mol. The number of benzene rings is 1. The molecule has 6 nitrogen and oxygen atoms in total. The van der Waals surface area contributed by atoms with Crippen molar-refractivity contribution >= 4 is 11.9 Å². The third-order valence-electron chi connectivity index (χ3n) is 5.04. The Balaban J connectivity index is 1.58. The van der Waals surface area contributed by atoms with Crippen molar-refractivity contribution in [2.24, 2.45) is 5.92 Å². The first-order chi connectivity index (χ1) is 12.4. The van der Waals surface area contributed by atoms with Crippen LogP contribution in [0.25, 0.3) is 0 Å². The molecule has 0 radical (unpaired) electrons. The van der Waals surface area contributed by atoms with Gasteiger partial charge in [0.1, 0.15) is 5.75 Å². The maximum Gasteiger partial charge on any atom is 0.341 e. The lowest BCUT2D eigenvalue weighted by molar-refractivity contribution is -0.139. The standard InChI is InChI=1S/C20H27NO5/c1-13-9-16(10-14(2)19(13)26-12-18(22)23)20(24)21-7-5-17(6-8-21)25-11-15-3-4-15/h9-10,15,17H,3-8,11-12H2,1-2H3,(H,22,23). The van der Waals surface area contributed by atoms with Crippen molar-refractivity contribution in [2.45, 2.75) is 45.6 Å². The summed E-state index contributed by atoms with van der Waals surface area (Å²) < 4.78 is 11.3. The van der Waals surface area contributed by atoms with Gasteiger partial charge in [0.15, 0.2) is 6.61 Å². The SMILES string of the molecule is Cc1cc(C(=O)N2CCC(OCC3CC3)CC2)cc(C)c1OCC(=O)O. The quantitative estimate of drug-likeness (QED) is 0.808. The highest BCUT2D eigenvalue weighted by atomic mass is 16.5. The van der Waals surface area contributed by atoms with E-state index < -0.39 is 5.97 Å². The van der Waals surface area contributed by atoms with E-state index >= 15 is 0 Å². The van der Waals surface area contributed by atoms with E-state index in [1.165, 1.54) is 12.8 Å². The Bertz CT molecular complexity index is 652. The highest BCUT2D eigenvalue weighted by molar-refractivity contribution is 5.95. The second-order valence-corrected chi connectivity index (χ2v) is 7.39. The van der Waals surface area contributed by atoms with Crippen molar-refractivity contribution in [3.8, 4) is 5.75 Å². The van der Waals surface area contributed by atoms with Crippen LogP contribution in [0.4, 0.5) is 0 Å². The van der Waals surface area contributed by atoms with E-state index in [4.69, 9.17) is 14.6 Å². The van der Waals surface area contributed by atoms with Gasteiger partial charge in [-0.2, -0.15) is 0 Å². The van der Waals surface area contributed by atoms with Gasteiger partial charge >= 0.3 is 5.97 Å². The van der Waals surface area contributed by atoms with E-state index in [2.05, 4.69) is 0 Å². The molecule has 0 aromatic heterocycles. The molecule has 0 unspecified atom stereocenters. The predicted molar refractivity (Wildman–Crippen MR) is 96.6 cm³/mol. The molecule has 142 valence electrons. The summed E-state index contributed by atoms with van der Waals surface area (Å²) in [7, 11) is 0. The van der Waals surface area contributed by atoms with Crippen molar-refractivity contribution in [3.05, 3.63) is 28.8 Å². The molecule has 1 aromatic carbocycles. The maximum absolute atomic E-state index is 12.8. The van der Waals surface area contributed by atoms with Crippen LogP contribution in [0, 0.1) is 19.8 Å². The molecule has 6 heteroatoms. The zero-order valence-corrected chi connectivity index (χ0v) is 15.5. The molecule has 1 aromatic rings. The summed E-state index contributed by atoms with van der Waals surface area (Å²) in [4.78, 5) is 25.4. The molecular weight excluding hydrogens is 334 g/mol. The predicted octanol–water partition coefficient (Wildman–Crippen LogP) is 2.80. The number of aliphatic carboxylic acids is 1. The van der Waals surface area contributed by atoms with Crippen LogP contribution >= 0.6 is 0 Å². The number of nitrogens with zero attached hydrogens (tertiary/aromatic N) is 1. The normalized spacial score (nSPS) is 18.0. The van der Waals surface area contributed by atoms with Gasteiger partial charge in [0, 0.05) is 25.3 Å². The molecule has 26 heavy (non-hydrogen) atoms. The fourth-order valence-electron chi connectivity index (χ4n) is 3.40. The smallest absolute Gasteiger partial charge is 0.341 e. The topological polar surface area (TPSA) is 76.1 Å². The van der Waals surface area contributed by atoms with E-state index in [0.29, 0.717) is 24.4 Å². The van der Waals surface area contributed by atoms with E-state index in [-0.39, 0.29) is 18.6 Å². The zero-order valence-electron chi connectivity index (χ0n) is 15.5. The highest BCUT2D eigenvalue weighted by Gasteiger charge is 2.27. The first-order valence-electron chi connectivity index (χ1n) is 9.30. The van der Waals surface area contributed by atoms with Crippen molar-refractivity contribution in [1.29, 1.82) is 0 Å². The number of hydrogen-bond acceptors (Lipinski definition) is 4. The summed E-state index contributed by atoms with van der Waals surface area (Å²) in [6.45, 7) is 5.57. The fourth-order valence-corrected chi connectivity index (χ4v) is 3.40. The van der Waals surface area contributed by atoms with Crippen LogP contribution in [-0.2, 0) is 9.53 Å². The minimum Gasteiger partial charge on any atom is -0.481 e. The first-order valence-corrected chi connectivity index (χ1v) is 9.30.